The Kier molecular flexibility index (Phi) is 7.09. The van der Waals surface area contributed by atoms with E-state index >= 15 is 0 Å². The van der Waals surface area contributed by atoms with Crippen molar-refractivity contribution in [3.05, 3.63) is 28.7 Å². The van der Waals surface area contributed by atoms with Gasteiger partial charge in [-0.05, 0) is 44.9 Å². The van der Waals surface area contributed by atoms with Crippen LogP contribution >= 0.6 is 15.9 Å². The first-order valence-electron chi connectivity index (χ1n) is 8.42. The molecule has 5 nitrogen and oxygen atoms in total. The molecule has 1 aromatic rings. The van der Waals surface area contributed by atoms with E-state index in [1.807, 2.05) is 43.0 Å². The molecule has 2 rings (SSSR count). The number of hydrogen-bond donors (Lipinski definition) is 1. The number of nitrogens with one attached hydrogen (secondary N) is 1. The van der Waals surface area contributed by atoms with E-state index in [0.29, 0.717) is 26.1 Å². The molecule has 1 aliphatic heterocycles. The van der Waals surface area contributed by atoms with E-state index in [1.54, 1.807) is 0 Å². The first-order chi connectivity index (χ1) is 11.5. The Morgan fingerprint density at radius 3 is 2.67 bits per heavy atom. The van der Waals surface area contributed by atoms with Gasteiger partial charge < -0.3 is 15.0 Å². The summed E-state index contributed by atoms with van der Waals surface area (Å²) >= 11 is 3.39. The lowest BCUT2D eigenvalue weighted by Crippen LogP contribution is -2.44. The molecular weight excluding hydrogens is 372 g/mol. The molecule has 2 amide bonds. The van der Waals surface area contributed by atoms with Crippen molar-refractivity contribution < 1.29 is 14.3 Å². The number of nitrogens with zero attached hydrogens (tertiary/aromatic N) is 1. The van der Waals surface area contributed by atoms with Crippen molar-refractivity contribution in [3.63, 3.8) is 0 Å². The maximum Gasteiger partial charge on any atom is 0.225 e. The number of amides is 2. The molecule has 1 saturated heterocycles. The second kappa shape index (κ2) is 9.06. The van der Waals surface area contributed by atoms with Gasteiger partial charge in [0.15, 0.2) is 0 Å². The summed E-state index contributed by atoms with van der Waals surface area (Å²) in [6.45, 7) is 5.57. The van der Waals surface area contributed by atoms with Crippen molar-refractivity contribution in [2.75, 3.05) is 19.7 Å². The van der Waals surface area contributed by atoms with Crippen molar-refractivity contribution >= 4 is 27.7 Å². The summed E-state index contributed by atoms with van der Waals surface area (Å²) in [6.07, 6.45) is 1.82. The molecule has 0 bridgehead atoms. The average molecular weight is 397 g/mol. The highest BCUT2D eigenvalue weighted by molar-refractivity contribution is 9.10. The van der Waals surface area contributed by atoms with E-state index in [0.717, 1.165) is 23.1 Å². The Hall–Kier alpha value is -1.56. The van der Waals surface area contributed by atoms with Gasteiger partial charge in [0, 0.05) is 29.5 Å². The molecule has 1 aliphatic rings. The van der Waals surface area contributed by atoms with Crippen molar-refractivity contribution in [2.45, 2.75) is 39.2 Å². The van der Waals surface area contributed by atoms with E-state index in [4.69, 9.17) is 4.74 Å². The minimum absolute atomic E-state index is 0.0226. The Balaban J connectivity index is 1.70. The predicted molar refractivity (Wildman–Crippen MR) is 96.8 cm³/mol. The van der Waals surface area contributed by atoms with Crippen LogP contribution in [0.3, 0.4) is 0 Å². The smallest absolute Gasteiger partial charge is 0.225 e. The molecule has 0 saturated carbocycles. The van der Waals surface area contributed by atoms with Gasteiger partial charge in [0.05, 0.1) is 13.0 Å². The molecule has 0 aromatic heterocycles. The summed E-state index contributed by atoms with van der Waals surface area (Å²) in [5.41, 5.74) is 0. The molecule has 0 atom stereocenters. The Bertz CT molecular complexity index is 569. The fourth-order valence-corrected chi connectivity index (χ4v) is 3.14. The zero-order valence-electron chi connectivity index (χ0n) is 14.3. The van der Waals surface area contributed by atoms with E-state index in [-0.39, 0.29) is 23.8 Å². The van der Waals surface area contributed by atoms with Gasteiger partial charge in [-0.1, -0.05) is 22.0 Å². The standard InChI is InChI=1S/C18H25BrN2O3/c1-13(2)20-18(23)14-6-9-21(10-7-14)17(22)8-11-24-16-5-3-4-15(19)12-16/h3-5,12-14H,6-11H2,1-2H3,(H,20,23). The number of benzene rings is 1. The Labute approximate surface area is 151 Å². The Morgan fingerprint density at radius 2 is 2.04 bits per heavy atom. The fraction of sp³-hybridized carbons (Fsp3) is 0.556. The van der Waals surface area contributed by atoms with Crippen LogP contribution in [0.5, 0.6) is 5.75 Å². The van der Waals surface area contributed by atoms with E-state index in [2.05, 4.69) is 21.2 Å². The van der Waals surface area contributed by atoms with Gasteiger partial charge in [0.1, 0.15) is 5.75 Å². The van der Waals surface area contributed by atoms with Crippen molar-refractivity contribution in [2.24, 2.45) is 5.92 Å². The van der Waals surface area contributed by atoms with Crippen LogP contribution in [0.15, 0.2) is 28.7 Å². The zero-order chi connectivity index (χ0) is 17.5. The molecule has 1 aromatic carbocycles. The summed E-state index contributed by atoms with van der Waals surface area (Å²) in [4.78, 5) is 26.1. The molecular formula is C18H25BrN2O3. The van der Waals surface area contributed by atoms with Gasteiger partial charge in [-0.3, -0.25) is 9.59 Å². The van der Waals surface area contributed by atoms with Gasteiger partial charge in [-0.2, -0.15) is 0 Å². The first-order valence-corrected chi connectivity index (χ1v) is 9.21. The van der Waals surface area contributed by atoms with Crippen LogP contribution in [0, 0.1) is 5.92 Å². The minimum atomic E-state index is 0.0226. The van der Waals surface area contributed by atoms with Crippen molar-refractivity contribution in [1.82, 2.24) is 10.2 Å². The number of likely N-dealkylation sites (tertiary alicyclic amines) is 1. The molecule has 1 fully saturated rings. The summed E-state index contributed by atoms with van der Waals surface area (Å²) in [5.74, 6) is 0.971. The first kappa shape index (κ1) is 18.8. The number of hydrogen-bond acceptors (Lipinski definition) is 3. The SMILES string of the molecule is CC(C)NC(=O)C1CCN(C(=O)CCOc2cccc(Br)c2)CC1. The average Bonchev–Trinajstić information content (AvgIpc) is 2.54. The van der Waals surface area contributed by atoms with Crippen LogP contribution in [0.25, 0.3) is 0 Å². The lowest BCUT2D eigenvalue weighted by Gasteiger charge is -2.31. The molecule has 0 radical (unpaired) electrons. The molecule has 0 unspecified atom stereocenters. The molecule has 0 aliphatic carbocycles. The Morgan fingerprint density at radius 1 is 1.33 bits per heavy atom. The molecule has 1 N–H and O–H groups in total. The van der Waals surface area contributed by atoms with Gasteiger partial charge in [0.2, 0.25) is 11.8 Å². The molecule has 24 heavy (non-hydrogen) atoms. The molecule has 1 heterocycles. The highest BCUT2D eigenvalue weighted by atomic mass is 79.9. The van der Waals surface area contributed by atoms with Gasteiger partial charge in [0.25, 0.3) is 0 Å². The maximum absolute atomic E-state index is 12.2. The molecule has 0 spiro atoms. The normalized spacial score (nSPS) is 15.4. The zero-order valence-corrected chi connectivity index (χ0v) is 15.8. The maximum atomic E-state index is 12.2. The van der Waals surface area contributed by atoms with Crippen LogP contribution < -0.4 is 10.1 Å². The van der Waals surface area contributed by atoms with Gasteiger partial charge >= 0.3 is 0 Å². The minimum Gasteiger partial charge on any atom is -0.493 e. The second-order valence-electron chi connectivity index (χ2n) is 6.37. The van der Waals surface area contributed by atoms with E-state index in [9.17, 15) is 9.59 Å². The summed E-state index contributed by atoms with van der Waals surface area (Å²) < 4.78 is 6.56. The highest BCUT2D eigenvalue weighted by Gasteiger charge is 2.27. The van der Waals surface area contributed by atoms with Crippen molar-refractivity contribution in [1.29, 1.82) is 0 Å². The highest BCUT2D eigenvalue weighted by Crippen LogP contribution is 2.20. The van der Waals surface area contributed by atoms with Crippen LogP contribution in [0.2, 0.25) is 0 Å². The third-order valence-electron chi connectivity index (χ3n) is 4.03. The van der Waals surface area contributed by atoms with Crippen LogP contribution in [-0.2, 0) is 9.59 Å². The van der Waals surface area contributed by atoms with Gasteiger partial charge in [-0.15, -0.1) is 0 Å². The number of rotatable bonds is 6. The quantitative estimate of drug-likeness (QED) is 0.803. The number of carbonyl (C=O) groups is 2. The van der Waals surface area contributed by atoms with E-state index in [1.165, 1.54) is 0 Å². The van der Waals surface area contributed by atoms with E-state index < -0.39 is 0 Å². The van der Waals surface area contributed by atoms with Crippen molar-refractivity contribution in [3.8, 4) is 5.75 Å². The third-order valence-corrected chi connectivity index (χ3v) is 4.52. The number of ether oxygens (including phenoxy) is 1. The van der Waals surface area contributed by atoms with Crippen LogP contribution in [0.1, 0.15) is 33.1 Å². The van der Waals surface area contributed by atoms with Crippen LogP contribution in [0.4, 0.5) is 0 Å². The number of carbonyl (C=O) groups excluding carboxylic acids is 2. The summed E-state index contributed by atoms with van der Waals surface area (Å²) in [6, 6.07) is 7.73. The largest absolute Gasteiger partial charge is 0.493 e. The summed E-state index contributed by atoms with van der Waals surface area (Å²) in [7, 11) is 0. The fourth-order valence-electron chi connectivity index (χ4n) is 2.76. The molecule has 6 heteroatoms. The van der Waals surface area contributed by atoms with Gasteiger partial charge in [-0.25, -0.2) is 0 Å². The summed E-state index contributed by atoms with van der Waals surface area (Å²) in [5, 5.41) is 2.95. The third kappa shape index (κ3) is 5.82. The van der Waals surface area contributed by atoms with Crippen LogP contribution in [-0.4, -0.2) is 42.5 Å². The number of halogens is 1. The number of piperidine rings is 1. The lowest BCUT2D eigenvalue weighted by atomic mass is 9.95. The monoisotopic (exact) mass is 396 g/mol. The lowest BCUT2D eigenvalue weighted by molar-refractivity contribution is -0.136. The predicted octanol–water partition coefficient (Wildman–Crippen LogP) is 2.98. The molecule has 132 valence electrons. The topological polar surface area (TPSA) is 58.6 Å². The second-order valence-corrected chi connectivity index (χ2v) is 7.29.